The molecule has 14 aromatic rings. The van der Waals surface area contributed by atoms with Crippen molar-refractivity contribution in [2.75, 3.05) is 52.9 Å². The number of ether oxygens (including phenoxy) is 16. The summed E-state index contributed by atoms with van der Waals surface area (Å²) in [6.07, 6.45) is -0.236. The van der Waals surface area contributed by atoms with E-state index in [1.165, 1.54) is 0 Å². The first kappa shape index (κ1) is 93.2. The second kappa shape index (κ2) is 38.4. The average molecular weight is 2150 g/mol. The van der Waals surface area contributed by atoms with Crippen LogP contribution in [0.25, 0.3) is 22.3 Å². The van der Waals surface area contributed by atoms with Gasteiger partial charge in [0.1, 0.15) is 148 Å². The first-order valence-corrected chi connectivity index (χ1v) is 50.3. The second-order valence-electron chi connectivity index (χ2n) is 35.2. The third kappa shape index (κ3) is 17.1. The van der Waals surface area contributed by atoms with E-state index in [0.29, 0.717) is 220 Å². The van der Waals surface area contributed by atoms with E-state index in [4.69, 9.17) is 196 Å². The summed E-state index contributed by atoms with van der Waals surface area (Å²) >= 11 is 54.7. The molecule has 3 saturated heterocycles. The van der Waals surface area contributed by atoms with Crippen molar-refractivity contribution in [3.63, 3.8) is 0 Å². The maximum absolute atomic E-state index is 8.46. The molecule has 0 saturated carbocycles. The normalized spacial score (nSPS) is 22.1. The number of aliphatic imine (C=N–C) groups is 2. The third-order valence-corrected chi connectivity index (χ3v) is 28.5. The summed E-state index contributed by atoms with van der Waals surface area (Å²) in [6.45, 7) is -1.61. The van der Waals surface area contributed by atoms with Crippen LogP contribution < -0.4 is 58.6 Å². The van der Waals surface area contributed by atoms with Crippen LogP contribution >= 0.6 is 92.8 Å². The molecule has 2 aromatic heterocycles. The van der Waals surface area contributed by atoms with Crippen LogP contribution in [0.3, 0.4) is 0 Å². The van der Waals surface area contributed by atoms with Gasteiger partial charge in [0.25, 0.3) is 0 Å². The number of aromatic nitrogens is 2. The van der Waals surface area contributed by atoms with Gasteiger partial charge in [-0.3, -0.25) is 0 Å². The number of hydrogen-bond acceptors (Lipinski definition) is 20. The van der Waals surface area contributed by atoms with Gasteiger partial charge in [-0.15, -0.1) is 22.1 Å². The SMILES string of the molecule is Clc1cccc(C2(c3cccc(Cl)c3)OC3COc4cccc5c4C4=C6C=CC(=N6)C6=c7ccc([n-]7)=C7C8=NC(=C(c9ccc4[n-]9)c4c(cccc4OCC4OC(c9cccc(Cl)c9)(c9cccc(Cl)c9)OC4COc4cccc(c47)OCC4OC(c7cccc(Cl)c7)(c7cccc(Cl)c7)OC4COc4cccc(c46)OCC4OC(c6cccc(Cl)c6)(c6cccc(Cl)c6)OC4CO5)OCC3O2)C=C8)c1.[O]=[Ru]=[O]. The molecule has 3 fully saturated rings. The Hall–Kier alpha value is -12.1. The van der Waals surface area contributed by atoms with Gasteiger partial charge >= 0.3 is 24.2 Å². The van der Waals surface area contributed by atoms with E-state index in [1.807, 2.05) is 267 Å². The quantitative estimate of drug-likeness (QED) is 0.129. The average Bonchev–Trinajstić information content (AvgIpc) is 1.59. The zero-order chi connectivity index (χ0) is 97.0. The van der Waals surface area contributed by atoms with Crippen molar-refractivity contribution in [3.8, 4) is 46.0 Å². The number of rotatable bonds is 8. The number of allylic oxidation sites excluding steroid dienone is 4. The molecule has 143 heavy (non-hydrogen) atoms. The van der Waals surface area contributed by atoms with Crippen LogP contribution in [-0.2, 0) is 85.2 Å². The van der Waals surface area contributed by atoms with Crippen LogP contribution in [0.2, 0.25) is 40.2 Å². The Morgan fingerprint density at radius 2 is 0.427 bits per heavy atom. The Morgan fingerprint density at radius 3 is 0.622 bits per heavy atom. The maximum atomic E-state index is 8.46. The van der Waals surface area contributed by atoms with Crippen molar-refractivity contribution < 1.29 is 100.0 Å². The Balaban J connectivity index is 0.00000363. The molecule has 8 atom stereocenters. The minimum atomic E-state index is -1.79. The number of benzene rings is 12. The van der Waals surface area contributed by atoms with E-state index in [-0.39, 0.29) is 52.9 Å². The summed E-state index contributed by atoms with van der Waals surface area (Å²) in [6, 6.07) is 89.0. The predicted molar refractivity (Wildman–Crippen MR) is 534 cm³/mol. The summed E-state index contributed by atoms with van der Waals surface area (Å²) in [5, 5.41) is 4.16. The van der Waals surface area contributed by atoms with Crippen molar-refractivity contribution >= 4 is 127 Å². The van der Waals surface area contributed by atoms with Gasteiger partial charge in [-0.05, 0) is 170 Å². The molecule has 0 amide bonds. The van der Waals surface area contributed by atoms with Gasteiger partial charge in [-0.1, -0.05) is 238 Å². The number of hydrogen-bond donors (Lipinski definition) is 0. The zero-order valence-electron chi connectivity index (χ0n) is 74.8. The molecule has 32 bridgehead atoms. The minimum absolute atomic E-state index is 0.202. The molecule has 0 radical (unpaired) electrons. The van der Waals surface area contributed by atoms with Gasteiger partial charge in [-0.25, -0.2) is 9.98 Å². The molecule has 0 N–H and O–H groups in total. The first-order chi connectivity index (χ1) is 69.8. The van der Waals surface area contributed by atoms with Gasteiger partial charge in [0.05, 0.1) is 45.1 Å². The van der Waals surface area contributed by atoms with Crippen molar-refractivity contribution in [1.29, 1.82) is 0 Å². The molecule has 11 aliphatic rings. The Bertz CT molecular complexity index is 7330. The van der Waals surface area contributed by atoms with Crippen molar-refractivity contribution in [2.24, 2.45) is 9.98 Å². The van der Waals surface area contributed by atoms with E-state index in [0.717, 1.165) is 0 Å². The summed E-state index contributed by atoms with van der Waals surface area (Å²) < 4.78 is 139. The standard InChI is InChI=1S/C112H76Cl8N4O16.2O.Ru/c113-69-21-1-13-61(45-69)109(62-14-2-22-70(114)46-62)133-93-53-125-85-29-9-31-87-105(85)101-77-37-38-78(121-77)102-80-40-42-82(123-80)104-84-44-43-83(124-84)103(81-41-39-79(101)122-81)107-89(129-57-97-95(55-127-87)135-110(137-97,63-15-3-23-71(115)47-63)64-16-4-24-72(116)48-64)33-11-35-91(107)131-59-99-100(140-112(139-99,67-19-7-27-75(119)51-67)68-20-8-28-76(120)52-68)60-132-92-36-12-34-90(108(92)104)130-58-98-96(56-128-88-32-10-30-86(106(88)102)126-54-94(93)134-109)136-111(138-98,65-17-5-25-73(117)49-65)66-18-6-26-74(118)50-66;;;/h1-52,93-100H,53-60H2;;;/q-2;;;. The fraction of sp³-hybridized carbons (Fsp3) is 0.179. The van der Waals surface area contributed by atoms with Crippen LogP contribution in [0, 0.1) is 0 Å². The molecule has 0 spiro atoms. The number of halogens is 8. The van der Waals surface area contributed by atoms with Gasteiger partial charge in [0.2, 0.25) is 23.1 Å². The molecule has 12 aromatic carbocycles. The molecular formula is C112H76Cl8N4O18Ru-2. The molecule has 13 heterocycles. The molecule has 22 nitrogen and oxygen atoms in total. The van der Waals surface area contributed by atoms with Crippen molar-refractivity contribution in [3.05, 3.63) is 456 Å². The Labute approximate surface area is 866 Å². The van der Waals surface area contributed by atoms with Crippen LogP contribution in [0.4, 0.5) is 0 Å². The van der Waals surface area contributed by atoms with E-state index >= 15 is 0 Å². The van der Waals surface area contributed by atoms with E-state index in [9.17, 15) is 0 Å². The van der Waals surface area contributed by atoms with Gasteiger partial charge < -0.3 is 85.8 Å². The van der Waals surface area contributed by atoms with Crippen LogP contribution in [-0.4, -0.2) is 113 Å². The molecule has 718 valence electrons. The number of fused-ring (bicyclic) bond motifs is 15. The van der Waals surface area contributed by atoms with Gasteiger partial charge in [0, 0.05) is 107 Å². The fourth-order valence-electron chi connectivity index (χ4n) is 20.3. The fourth-order valence-corrected chi connectivity index (χ4v) is 21.9. The molecule has 11 aliphatic heterocycles. The number of nitrogens with zero attached hydrogens (tertiary/aromatic N) is 4. The molecule has 0 aliphatic carbocycles. The predicted octanol–water partition coefficient (Wildman–Crippen LogP) is 22.1. The van der Waals surface area contributed by atoms with E-state index in [1.54, 1.807) is 48.5 Å². The van der Waals surface area contributed by atoms with Crippen molar-refractivity contribution in [1.82, 2.24) is 9.97 Å². The summed E-state index contributed by atoms with van der Waals surface area (Å²) in [4.78, 5) is 23.8. The molecular weight excluding hydrogens is 2070 g/mol. The van der Waals surface area contributed by atoms with Crippen molar-refractivity contribution in [2.45, 2.75) is 72.0 Å². The Morgan fingerprint density at radius 1 is 0.238 bits per heavy atom. The summed E-state index contributed by atoms with van der Waals surface area (Å²) in [5.41, 5.74) is 10.2. The Kier molecular flexibility index (Phi) is 25.1. The van der Waals surface area contributed by atoms with Crippen LogP contribution in [0.5, 0.6) is 46.0 Å². The van der Waals surface area contributed by atoms with E-state index < -0.39 is 89.0 Å². The summed E-state index contributed by atoms with van der Waals surface area (Å²) in [5.74, 6) is -4.40. The van der Waals surface area contributed by atoms with E-state index in [2.05, 4.69) is 0 Å². The van der Waals surface area contributed by atoms with Gasteiger partial charge in [-0.2, -0.15) is 0 Å². The molecule has 25 rings (SSSR count). The third-order valence-electron chi connectivity index (χ3n) is 26.6. The first-order valence-electron chi connectivity index (χ1n) is 45.8. The molecule has 31 heteroatoms. The molecule has 8 unspecified atom stereocenters. The summed E-state index contributed by atoms with van der Waals surface area (Å²) in [7, 11) is 0. The van der Waals surface area contributed by atoms with Crippen LogP contribution in [0.1, 0.15) is 78.1 Å². The second-order valence-corrected chi connectivity index (χ2v) is 39.0. The topological polar surface area (TPSA) is 235 Å². The monoisotopic (exact) mass is 2150 g/mol. The zero-order valence-corrected chi connectivity index (χ0v) is 82.6. The van der Waals surface area contributed by atoms with Gasteiger partial charge in [0.15, 0.2) is 0 Å². The van der Waals surface area contributed by atoms with Crippen LogP contribution in [0.15, 0.2) is 337 Å².